The van der Waals surface area contributed by atoms with Crippen LogP contribution in [0.25, 0.3) is 0 Å². The van der Waals surface area contributed by atoms with Crippen molar-refractivity contribution >= 4 is 5.91 Å². The van der Waals surface area contributed by atoms with E-state index in [1.165, 1.54) is 0 Å². The van der Waals surface area contributed by atoms with Crippen LogP contribution in [0.1, 0.15) is 41.0 Å². The normalized spacial score (nSPS) is 15.8. The molecular weight excluding hydrogens is 214 g/mol. The average molecular weight is 243 g/mol. The second-order valence-electron chi connectivity index (χ2n) is 5.94. The molecule has 0 heterocycles. The van der Waals surface area contributed by atoms with Gasteiger partial charge in [-0.3, -0.25) is 9.69 Å². The molecule has 4 nitrogen and oxygen atoms in total. The third kappa shape index (κ3) is 6.03. The van der Waals surface area contributed by atoms with Crippen molar-refractivity contribution in [1.82, 2.24) is 10.2 Å². The summed E-state index contributed by atoms with van der Waals surface area (Å²) < 4.78 is 0. The predicted octanol–water partition coefficient (Wildman–Crippen LogP) is 1.21. The SMILES string of the molecule is CCCNC(=O)CN(C)C(C(C)N)C(C)(C)C. The molecule has 0 saturated heterocycles. The number of nitrogens with two attached hydrogens (primary N) is 1. The fraction of sp³-hybridized carbons (Fsp3) is 0.923. The molecule has 0 fully saturated rings. The first-order chi connectivity index (χ1) is 7.70. The number of nitrogens with one attached hydrogen (secondary N) is 1. The van der Waals surface area contributed by atoms with Crippen LogP contribution in [0.5, 0.6) is 0 Å². The highest BCUT2D eigenvalue weighted by atomic mass is 16.2. The number of hydrogen-bond acceptors (Lipinski definition) is 3. The number of amides is 1. The van der Waals surface area contributed by atoms with Crippen LogP contribution in [0.3, 0.4) is 0 Å². The lowest BCUT2D eigenvalue weighted by molar-refractivity contribution is -0.123. The topological polar surface area (TPSA) is 58.4 Å². The van der Waals surface area contributed by atoms with Crippen molar-refractivity contribution in [2.45, 2.75) is 53.1 Å². The van der Waals surface area contributed by atoms with Crippen molar-refractivity contribution < 1.29 is 4.79 Å². The smallest absolute Gasteiger partial charge is 0.234 e. The van der Waals surface area contributed by atoms with Gasteiger partial charge in [-0.05, 0) is 25.8 Å². The number of nitrogens with zero attached hydrogens (tertiary/aromatic N) is 1. The molecule has 102 valence electrons. The number of rotatable bonds is 6. The summed E-state index contributed by atoms with van der Waals surface area (Å²) >= 11 is 0. The Kier molecular flexibility index (Phi) is 6.72. The van der Waals surface area contributed by atoms with Gasteiger partial charge in [0, 0.05) is 18.6 Å². The summed E-state index contributed by atoms with van der Waals surface area (Å²) in [6.45, 7) is 11.7. The zero-order chi connectivity index (χ0) is 13.6. The van der Waals surface area contributed by atoms with E-state index in [4.69, 9.17) is 5.73 Å². The average Bonchev–Trinajstić information content (AvgIpc) is 2.11. The van der Waals surface area contributed by atoms with E-state index in [1.54, 1.807) is 0 Å². The van der Waals surface area contributed by atoms with Crippen LogP contribution >= 0.6 is 0 Å². The van der Waals surface area contributed by atoms with Gasteiger partial charge < -0.3 is 11.1 Å². The lowest BCUT2D eigenvalue weighted by Gasteiger charge is -2.40. The van der Waals surface area contributed by atoms with E-state index in [9.17, 15) is 4.79 Å². The van der Waals surface area contributed by atoms with E-state index >= 15 is 0 Å². The summed E-state index contributed by atoms with van der Waals surface area (Å²) in [7, 11) is 1.96. The molecule has 0 bridgehead atoms. The third-order valence-corrected chi connectivity index (χ3v) is 2.83. The Balaban J connectivity index is 4.44. The number of carbonyl (C=O) groups excluding carboxylic acids is 1. The van der Waals surface area contributed by atoms with E-state index < -0.39 is 0 Å². The Bertz CT molecular complexity index is 233. The largest absolute Gasteiger partial charge is 0.355 e. The highest BCUT2D eigenvalue weighted by Gasteiger charge is 2.32. The number of carbonyl (C=O) groups is 1. The molecule has 0 aliphatic heterocycles. The van der Waals surface area contributed by atoms with Crippen molar-refractivity contribution in [3.05, 3.63) is 0 Å². The Morgan fingerprint density at radius 2 is 1.94 bits per heavy atom. The minimum absolute atomic E-state index is 0.0407. The summed E-state index contributed by atoms with van der Waals surface area (Å²) in [5, 5.41) is 2.89. The van der Waals surface area contributed by atoms with E-state index in [-0.39, 0.29) is 23.4 Å². The monoisotopic (exact) mass is 243 g/mol. The maximum Gasteiger partial charge on any atom is 0.234 e. The van der Waals surface area contributed by atoms with E-state index in [0.29, 0.717) is 6.54 Å². The zero-order valence-corrected chi connectivity index (χ0v) is 12.2. The van der Waals surface area contributed by atoms with Crippen LogP contribution in [-0.2, 0) is 4.79 Å². The molecule has 0 radical (unpaired) electrons. The van der Waals surface area contributed by atoms with Gasteiger partial charge in [-0.15, -0.1) is 0 Å². The van der Waals surface area contributed by atoms with Crippen molar-refractivity contribution in [2.24, 2.45) is 11.1 Å². The molecule has 0 spiro atoms. The molecular formula is C13H29N3O. The summed E-state index contributed by atoms with van der Waals surface area (Å²) in [5.41, 5.74) is 6.09. The molecule has 0 aliphatic carbocycles. The molecule has 4 heteroatoms. The van der Waals surface area contributed by atoms with Gasteiger partial charge in [0.25, 0.3) is 0 Å². The highest BCUT2D eigenvalue weighted by molar-refractivity contribution is 5.77. The molecule has 2 atom stereocenters. The lowest BCUT2D eigenvalue weighted by Crippen LogP contribution is -2.54. The summed E-state index contributed by atoms with van der Waals surface area (Å²) in [6.07, 6.45) is 0.964. The minimum atomic E-state index is 0.0407. The van der Waals surface area contributed by atoms with Gasteiger partial charge >= 0.3 is 0 Å². The number of hydrogen-bond donors (Lipinski definition) is 2. The first-order valence-corrected chi connectivity index (χ1v) is 6.42. The first kappa shape index (κ1) is 16.4. The van der Waals surface area contributed by atoms with E-state index in [0.717, 1.165) is 13.0 Å². The summed E-state index contributed by atoms with van der Waals surface area (Å²) in [6, 6.07) is 0.230. The van der Waals surface area contributed by atoms with E-state index in [1.807, 2.05) is 20.9 Å². The van der Waals surface area contributed by atoms with E-state index in [2.05, 4.69) is 31.0 Å². The summed E-state index contributed by atoms with van der Waals surface area (Å²) in [4.78, 5) is 13.7. The van der Waals surface area contributed by atoms with Crippen LogP contribution in [-0.4, -0.2) is 43.0 Å². The number of likely N-dealkylation sites (N-methyl/N-ethyl adjacent to an activating group) is 1. The molecule has 0 aromatic carbocycles. The maximum absolute atomic E-state index is 11.7. The molecule has 0 aromatic rings. The van der Waals surface area contributed by atoms with Gasteiger partial charge in [0.1, 0.15) is 0 Å². The highest BCUT2D eigenvalue weighted by Crippen LogP contribution is 2.25. The van der Waals surface area contributed by atoms with Gasteiger partial charge in [0.2, 0.25) is 5.91 Å². The third-order valence-electron chi connectivity index (χ3n) is 2.83. The van der Waals surface area contributed by atoms with Gasteiger partial charge in [-0.1, -0.05) is 27.7 Å². The molecule has 2 unspecified atom stereocenters. The van der Waals surface area contributed by atoms with Crippen molar-refractivity contribution in [2.75, 3.05) is 20.1 Å². The quantitative estimate of drug-likeness (QED) is 0.737. The van der Waals surface area contributed by atoms with Gasteiger partial charge in [-0.2, -0.15) is 0 Å². The first-order valence-electron chi connectivity index (χ1n) is 6.42. The molecule has 17 heavy (non-hydrogen) atoms. The molecule has 3 N–H and O–H groups in total. The molecule has 1 amide bonds. The summed E-state index contributed by atoms with van der Waals surface area (Å²) in [5.74, 6) is 0.0734. The van der Waals surface area contributed by atoms with Crippen LogP contribution in [0.2, 0.25) is 0 Å². The van der Waals surface area contributed by atoms with Crippen LogP contribution in [0, 0.1) is 5.41 Å². The molecule has 0 saturated carbocycles. The molecule has 0 aliphatic rings. The molecule has 0 aromatic heterocycles. The predicted molar refractivity (Wildman–Crippen MR) is 72.8 cm³/mol. The maximum atomic E-state index is 11.7. The van der Waals surface area contributed by atoms with Crippen LogP contribution in [0.15, 0.2) is 0 Å². The lowest BCUT2D eigenvalue weighted by atomic mass is 9.82. The Hall–Kier alpha value is -0.610. The zero-order valence-electron chi connectivity index (χ0n) is 12.2. The fourth-order valence-electron chi connectivity index (χ4n) is 2.50. The Labute approximate surface area is 106 Å². The van der Waals surface area contributed by atoms with Crippen molar-refractivity contribution in [3.63, 3.8) is 0 Å². The van der Waals surface area contributed by atoms with Crippen molar-refractivity contribution in [1.29, 1.82) is 0 Å². The second-order valence-corrected chi connectivity index (χ2v) is 5.94. The fourth-order valence-corrected chi connectivity index (χ4v) is 2.50. The van der Waals surface area contributed by atoms with Crippen LogP contribution in [0.4, 0.5) is 0 Å². The second kappa shape index (κ2) is 6.97. The Morgan fingerprint density at radius 3 is 2.29 bits per heavy atom. The Morgan fingerprint density at radius 1 is 1.41 bits per heavy atom. The van der Waals surface area contributed by atoms with Gasteiger partial charge in [0.15, 0.2) is 0 Å². The van der Waals surface area contributed by atoms with Crippen LogP contribution < -0.4 is 11.1 Å². The van der Waals surface area contributed by atoms with Gasteiger partial charge in [-0.25, -0.2) is 0 Å². The standard InChI is InChI=1S/C13H29N3O/c1-7-8-15-11(17)9-16(6)12(10(2)14)13(3,4)5/h10,12H,7-9,14H2,1-6H3,(H,15,17). The minimum Gasteiger partial charge on any atom is -0.355 e. The van der Waals surface area contributed by atoms with Gasteiger partial charge in [0.05, 0.1) is 6.54 Å². The van der Waals surface area contributed by atoms with Crippen molar-refractivity contribution in [3.8, 4) is 0 Å². The molecule has 0 rings (SSSR count).